The summed E-state index contributed by atoms with van der Waals surface area (Å²) >= 11 is 0. The quantitative estimate of drug-likeness (QED) is 0.434. The summed E-state index contributed by atoms with van der Waals surface area (Å²) in [5.41, 5.74) is 2.41. The van der Waals surface area contributed by atoms with Crippen LogP contribution in [-0.4, -0.2) is 25.7 Å². The Kier molecular flexibility index (Phi) is 4.46. The van der Waals surface area contributed by atoms with E-state index >= 15 is 0 Å². The van der Waals surface area contributed by atoms with Gasteiger partial charge in [-0.1, -0.05) is 18.2 Å². The number of hydrogen-bond acceptors (Lipinski definition) is 6. The van der Waals surface area contributed by atoms with Gasteiger partial charge < -0.3 is 14.2 Å². The summed E-state index contributed by atoms with van der Waals surface area (Å²) in [5, 5.41) is 8.21. The van der Waals surface area contributed by atoms with Crippen molar-refractivity contribution in [3.05, 3.63) is 82.2 Å². The molecule has 0 saturated heterocycles. The monoisotopic (exact) mass is 441 g/mol. The predicted octanol–water partition coefficient (Wildman–Crippen LogP) is 4.09. The van der Waals surface area contributed by atoms with E-state index in [0.717, 1.165) is 35.9 Å². The van der Waals surface area contributed by atoms with Gasteiger partial charge in [0.05, 0.1) is 12.0 Å². The minimum Gasteiger partial charge on any atom is -0.463 e. The number of hydrogen-bond donors (Lipinski definition) is 2. The van der Waals surface area contributed by atoms with E-state index in [2.05, 4.69) is 20.4 Å². The Morgan fingerprint density at radius 1 is 1.09 bits per heavy atom. The number of nitrogens with one attached hydrogen (secondary N) is 2. The number of aromatic amines is 1. The fourth-order valence-corrected chi connectivity index (χ4v) is 4.14. The molecule has 2 N–H and O–H groups in total. The van der Waals surface area contributed by atoms with Crippen LogP contribution in [0.25, 0.3) is 28.4 Å². The van der Waals surface area contributed by atoms with Crippen molar-refractivity contribution in [2.75, 3.05) is 5.32 Å². The molecule has 4 aromatic heterocycles. The lowest BCUT2D eigenvalue weighted by atomic mass is 9.97. The summed E-state index contributed by atoms with van der Waals surface area (Å²) in [6, 6.07) is 14.2. The van der Waals surface area contributed by atoms with Gasteiger partial charge in [0.2, 0.25) is 5.95 Å². The van der Waals surface area contributed by atoms with Gasteiger partial charge in [-0.05, 0) is 49.9 Å². The lowest BCUT2D eigenvalue weighted by Gasteiger charge is -2.15. The van der Waals surface area contributed by atoms with Crippen LogP contribution in [0.5, 0.6) is 0 Å². The topological polar surface area (TPSA) is 119 Å². The van der Waals surface area contributed by atoms with Crippen molar-refractivity contribution in [2.24, 2.45) is 0 Å². The number of anilines is 1. The number of amides is 1. The van der Waals surface area contributed by atoms with Crippen molar-refractivity contribution in [3.8, 4) is 17.4 Å². The van der Waals surface area contributed by atoms with E-state index in [-0.39, 0.29) is 17.3 Å². The third-order valence-electron chi connectivity index (χ3n) is 5.75. The third-order valence-corrected chi connectivity index (χ3v) is 5.75. The molecule has 1 aromatic carbocycles. The predicted molar refractivity (Wildman–Crippen MR) is 120 cm³/mol. The van der Waals surface area contributed by atoms with Crippen molar-refractivity contribution >= 4 is 22.7 Å². The highest BCUT2D eigenvalue weighted by atomic mass is 16.3. The smallest absolute Gasteiger partial charge is 0.292 e. The highest BCUT2D eigenvalue weighted by Gasteiger charge is 2.22. The maximum atomic E-state index is 13.0. The summed E-state index contributed by atoms with van der Waals surface area (Å²) in [6.45, 7) is 0. The van der Waals surface area contributed by atoms with Gasteiger partial charge in [0.25, 0.3) is 11.5 Å². The van der Waals surface area contributed by atoms with Crippen LogP contribution < -0.4 is 10.9 Å². The van der Waals surface area contributed by atoms with Crippen LogP contribution in [0.2, 0.25) is 0 Å². The molecule has 5 aromatic rings. The van der Waals surface area contributed by atoms with Crippen LogP contribution in [0.1, 0.15) is 34.7 Å². The molecular formula is C24H19N5O4. The molecule has 0 aliphatic heterocycles. The van der Waals surface area contributed by atoms with Crippen molar-refractivity contribution in [1.29, 1.82) is 0 Å². The second-order valence-electron chi connectivity index (χ2n) is 7.93. The van der Waals surface area contributed by atoms with E-state index in [1.54, 1.807) is 36.6 Å². The van der Waals surface area contributed by atoms with Gasteiger partial charge in [0.15, 0.2) is 11.5 Å². The summed E-state index contributed by atoms with van der Waals surface area (Å²) in [4.78, 5) is 33.2. The lowest BCUT2D eigenvalue weighted by Crippen LogP contribution is -2.24. The fraction of sp³-hybridized carbons (Fsp3) is 0.167. The number of furan rings is 2. The van der Waals surface area contributed by atoms with E-state index in [0.29, 0.717) is 29.3 Å². The molecule has 0 fully saturated rings. The van der Waals surface area contributed by atoms with Gasteiger partial charge in [0.1, 0.15) is 17.1 Å². The zero-order valence-electron chi connectivity index (χ0n) is 17.5. The zero-order valence-corrected chi connectivity index (χ0v) is 17.5. The second-order valence-corrected chi connectivity index (χ2v) is 7.93. The van der Waals surface area contributed by atoms with Crippen LogP contribution in [0.3, 0.4) is 0 Å². The Labute approximate surface area is 187 Å². The molecule has 6 rings (SSSR count). The van der Waals surface area contributed by atoms with E-state index in [1.807, 2.05) is 18.2 Å². The minimum atomic E-state index is -0.446. The molecule has 1 aliphatic rings. The molecule has 1 aliphatic carbocycles. The first-order valence-electron chi connectivity index (χ1n) is 10.7. The van der Waals surface area contributed by atoms with Gasteiger partial charge >= 0.3 is 0 Å². The molecule has 0 atom stereocenters. The van der Waals surface area contributed by atoms with Crippen molar-refractivity contribution in [2.45, 2.75) is 25.7 Å². The summed E-state index contributed by atoms with van der Waals surface area (Å²) in [5.74, 6) is 0.798. The second kappa shape index (κ2) is 7.63. The number of fused-ring (bicyclic) bond motifs is 2. The normalized spacial score (nSPS) is 13.2. The average molecular weight is 441 g/mol. The van der Waals surface area contributed by atoms with Crippen molar-refractivity contribution in [1.82, 2.24) is 19.7 Å². The molecule has 9 heteroatoms. The lowest BCUT2D eigenvalue weighted by molar-refractivity contribution is 0.0998. The van der Waals surface area contributed by atoms with Crippen LogP contribution in [0.15, 0.2) is 68.4 Å². The van der Waals surface area contributed by atoms with Gasteiger partial charge in [-0.3, -0.25) is 14.6 Å². The molecule has 0 spiro atoms. The Balaban J connectivity index is 1.42. The number of rotatable bonds is 4. The van der Waals surface area contributed by atoms with Gasteiger partial charge in [-0.15, -0.1) is 0 Å². The molecule has 33 heavy (non-hydrogen) atoms. The molecule has 0 bridgehead atoms. The van der Waals surface area contributed by atoms with E-state index < -0.39 is 5.91 Å². The highest BCUT2D eigenvalue weighted by molar-refractivity contribution is 6.04. The molecule has 0 radical (unpaired) electrons. The maximum absolute atomic E-state index is 13.0. The van der Waals surface area contributed by atoms with E-state index in [9.17, 15) is 9.59 Å². The molecule has 164 valence electrons. The highest BCUT2D eigenvalue weighted by Crippen LogP contribution is 2.26. The Morgan fingerprint density at radius 3 is 2.82 bits per heavy atom. The Morgan fingerprint density at radius 2 is 1.97 bits per heavy atom. The summed E-state index contributed by atoms with van der Waals surface area (Å²) in [6.07, 6.45) is 4.94. The first kappa shape index (κ1) is 19.3. The van der Waals surface area contributed by atoms with Crippen LogP contribution >= 0.6 is 0 Å². The number of aryl methyl sites for hydroxylation is 1. The van der Waals surface area contributed by atoms with Crippen LogP contribution in [0.4, 0.5) is 5.82 Å². The Hall–Kier alpha value is -4.40. The maximum Gasteiger partial charge on any atom is 0.292 e. The largest absolute Gasteiger partial charge is 0.463 e. The number of para-hydroxylation sites is 1. The zero-order chi connectivity index (χ0) is 22.4. The number of H-pyrrole nitrogens is 1. The average Bonchev–Trinajstić information content (AvgIpc) is 3.58. The first-order chi connectivity index (χ1) is 16.2. The standard InChI is InChI=1S/C24H19N5O4/c30-22-15-7-2-3-8-16(15)25-24(27-22)29-21(13-17(28-29)19-10-5-11-32-19)26-23(31)20-12-14-6-1-4-9-18(14)33-20/h1,4-6,9-13H,2-3,7-8H2,(H,26,31)(H,25,27,30). The fourth-order valence-electron chi connectivity index (χ4n) is 4.14. The molecule has 9 nitrogen and oxygen atoms in total. The van der Waals surface area contributed by atoms with Crippen LogP contribution in [0, 0.1) is 0 Å². The number of nitrogens with zero attached hydrogens (tertiary/aromatic N) is 3. The van der Waals surface area contributed by atoms with Gasteiger partial charge in [-0.25, -0.2) is 4.98 Å². The molecule has 4 heterocycles. The van der Waals surface area contributed by atoms with Crippen molar-refractivity contribution < 1.29 is 13.6 Å². The summed E-state index contributed by atoms with van der Waals surface area (Å²) in [7, 11) is 0. The third kappa shape index (κ3) is 3.43. The molecule has 1 amide bonds. The van der Waals surface area contributed by atoms with E-state index in [1.165, 1.54) is 4.68 Å². The van der Waals surface area contributed by atoms with E-state index in [4.69, 9.17) is 8.83 Å². The number of carbonyl (C=O) groups excluding carboxylic acids is 1. The Bertz CT molecular complexity index is 1510. The minimum absolute atomic E-state index is 0.162. The van der Waals surface area contributed by atoms with Gasteiger partial charge in [-0.2, -0.15) is 9.78 Å². The van der Waals surface area contributed by atoms with Crippen LogP contribution in [-0.2, 0) is 12.8 Å². The SMILES string of the molecule is O=C(Nc1cc(-c2ccco2)nn1-c1nc2c(c(=O)[nH]1)CCCC2)c1cc2ccccc2o1. The molecule has 0 saturated carbocycles. The molecule has 0 unspecified atom stereocenters. The first-order valence-corrected chi connectivity index (χ1v) is 10.7. The number of aromatic nitrogens is 4. The van der Waals surface area contributed by atoms with Gasteiger partial charge in [0, 0.05) is 17.0 Å². The number of carbonyl (C=O) groups is 1. The molecular weight excluding hydrogens is 422 g/mol. The van der Waals surface area contributed by atoms with Crippen molar-refractivity contribution in [3.63, 3.8) is 0 Å². The number of benzene rings is 1. The summed E-state index contributed by atoms with van der Waals surface area (Å²) < 4.78 is 12.6.